The predicted molar refractivity (Wildman–Crippen MR) is 106 cm³/mol. The maximum atomic E-state index is 11.4. The van der Waals surface area contributed by atoms with Crippen LogP contribution in [0.2, 0.25) is 0 Å². The van der Waals surface area contributed by atoms with E-state index in [-0.39, 0.29) is 17.4 Å². The van der Waals surface area contributed by atoms with Gasteiger partial charge in [-0.3, -0.25) is 4.79 Å². The van der Waals surface area contributed by atoms with Crippen molar-refractivity contribution in [1.82, 2.24) is 5.32 Å². The minimum atomic E-state index is -0.785. The van der Waals surface area contributed by atoms with Crippen LogP contribution in [-0.4, -0.2) is 41.8 Å². The lowest BCUT2D eigenvalue weighted by Crippen LogP contribution is -2.46. The number of para-hydroxylation sites is 1. The highest BCUT2D eigenvalue weighted by molar-refractivity contribution is 5.95. The number of aliphatic hydroxyl groups excluding tert-OH is 1. The molecule has 2 aromatic rings. The van der Waals surface area contributed by atoms with Gasteiger partial charge in [-0.25, -0.2) is 0 Å². The Morgan fingerprint density at radius 2 is 2.00 bits per heavy atom. The monoisotopic (exact) mass is 369 g/mol. The third kappa shape index (κ3) is 4.40. The number of aliphatic hydroxyl groups is 1. The first kappa shape index (κ1) is 19.2. The van der Waals surface area contributed by atoms with Gasteiger partial charge in [0.15, 0.2) is 0 Å². The Bertz CT molecular complexity index is 781. The maximum Gasteiger partial charge on any atom is 0.252 e. The van der Waals surface area contributed by atoms with Crippen molar-refractivity contribution < 1.29 is 15.0 Å². The number of carbonyl (C=O) groups is 1. The molecule has 3 unspecified atom stereocenters. The molecule has 0 saturated heterocycles. The number of nitrogens with two attached hydrogens (primary N) is 1. The summed E-state index contributed by atoms with van der Waals surface area (Å²) in [7, 11) is 2.11. The first-order valence-corrected chi connectivity index (χ1v) is 9.29. The number of rotatable bonds is 7. The predicted octanol–water partition coefficient (Wildman–Crippen LogP) is 2.17. The van der Waals surface area contributed by atoms with E-state index >= 15 is 0 Å². The smallest absolute Gasteiger partial charge is 0.252 e. The summed E-state index contributed by atoms with van der Waals surface area (Å²) in [6.45, 7) is 0.368. The van der Waals surface area contributed by atoms with Gasteiger partial charge in [0.1, 0.15) is 5.75 Å². The number of amides is 1. The molecule has 144 valence electrons. The molecule has 2 aromatic carbocycles. The Labute approximate surface area is 159 Å². The van der Waals surface area contributed by atoms with Crippen molar-refractivity contribution in [2.24, 2.45) is 5.73 Å². The lowest BCUT2D eigenvalue weighted by molar-refractivity contribution is 0.0997. The number of benzene rings is 2. The Morgan fingerprint density at radius 3 is 2.70 bits per heavy atom. The number of carbonyl (C=O) groups excluding carboxylic acids is 1. The second kappa shape index (κ2) is 8.41. The highest BCUT2D eigenvalue weighted by atomic mass is 16.3. The number of aromatic hydroxyl groups is 1. The molecule has 0 radical (unpaired) electrons. The number of nitrogens with one attached hydrogen (secondary N) is 1. The van der Waals surface area contributed by atoms with Crippen molar-refractivity contribution in [1.29, 1.82) is 0 Å². The van der Waals surface area contributed by atoms with Gasteiger partial charge in [0.05, 0.1) is 11.7 Å². The molecule has 0 spiro atoms. The molecule has 3 rings (SSSR count). The van der Waals surface area contributed by atoms with Gasteiger partial charge in [0, 0.05) is 31.4 Å². The van der Waals surface area contributed by atoms with E-state index in [1.165, 1.54) is 17.8 Å². The molecule has 3 atom stereocenters. The van der Waals surface area contributed by atoms with Crippen LogP contribution < -0.4 is 16.0 Å². The van der Waals surface area contributed by atoms with E-state index in [1.54, 1.807) is 6.07 Å². The molecule has 0 aromatic heterocycles. The van der Waals surface area contributed by atoms with E-state index < -0.39 is 12.0 Å². The summed E-state index contributed by atoms with van der Waals surface area (Å²) in [6, 6.07) is 15.4. The largest absolute Gasteiger partial charge is 0.507 e. The Hall–Kier alpha value is -2.57. The van der Waals surface area contributed by atoms with Crippen LogP contribution >= 0.6 is 0 Å². The minimum Gasteiger partial charge on any atom is -0.507 e. The zero-order valence-corrected chi connectivity index (χ0v) is 15.5. The zero-order valence-electron chi connectivity index (χ0n) is 15.5. The van der Waals surface area contributed by atoms with E-state index in [1.807, 2.05) is 18.2 Å². The topological polar surface area (TPSA) is 98.8 Å². The SMILES string of the molecule is CN(c1ccccc1)C1CCCC1NCC(O)c1ccc(O)c(C(N)=O)c1. The van der Waals surface area contributed by atoms with Crippen molar-refractivity contribution in [3.63, 3.8) is 0 Å². The summed E-state index contributed by atoms with van der Waals surface area (Å²) < 4.78 is 0. The number of hydrogen-bond donors (Lipinski definition) is 4. The molecule has 1 aliphatic rings. The summed E-state index contributed by atoms with van der Waals surface area (Å²) in [4.78, 5) is 13.7. The standard InChI is InChI=1S/C21H27N3O3/c1-24(15-6-3-2-4-7-15)18-9-5-8-17(18)23-13-20(26)14-10-11-19(25)16(12-14)21(22)27/h2-4,6-7,10-12,17-18,20,23,25-26H,5,8-9,13H2,1H3,(H2,22,27). The van der Waals surface area contributed by atoms with Gasteiger partial charge in [-0.2, -0.15) is 0 Å². The van der Waals surface area contributed by atoms with Crippen LogP contribution in [0.4, 0.5) is 5.69 Å². The van der Waals surface area contributed by atoms with Gasteiger partial charge in [0.25, 0.3) is 5.91 Å². The molecule has 5 N–H and O–H groups in total. The normalized spacial score (nSPS) is 20.4. The highest BCUT2D eigenvalue weighted by Gasteiger charge is 2.30. The maximum absolute atomic E-state index is 11.4. The second-order valence-corrected chi connectivity index (χ2v) is 7.12. The number of hydrogen-bond acceptors (Lipinski definition) is 5. The van der Waals surface area contributed by atoms with Gasteiger partial charge in [-0.05, 0) is 49.1 Å². The number of primary amides is 1. The highest BCUT2D eigenvalue weighted by Crippen LogP contribution is 2.28. The van der Waals surface area contributed by atoms with Gasteiger partial charge >= 0.3 is 0 Å². The number of phenols is 1. The average Bonchev–Trinajstić information content (AvgIpc) is 3.15. The lowest BCUT2D eigenvalue weighted by atomic mass is 10.0. The third-order valence-electron chi connectivity index (χ3n) is 5.38. The number of anilines is 1. The fraction of sp³-hybridized carbons (Fsp3) is 0.381. The molecular formula is C21H27N3O3. The van der Waals surface area contributed by atoms with E-state index in [4.69, 9.17) is 5.73 Å². The third-order valence-corrected chi connectivity index (χ3v) is 5.38. The van der Waals surface area contributed by atoms with Crippen LogP contribution in [0.25, 0.3) is 0 Å². The molecule has 6 nitrogen and oxygen atoms in total. The van der Waals surface area contributed by atoms with Gasteiger partial charge < -0.3 is 26.2 Å². The molecule has 1 saturated carbocycles. The molecule has 0 aliphatic heterocycles. The summed E-state index contributed by atoms with van der Waals surface area (Å²) in [5, 5.41) is 23.7. The Morgan fingerprint density at radius 1 is 1.26 bits per heavy atom. The van der Waals surface area contributed by atoms with Crippen molar-refractivity contribution in [3.8, 4) is 5.75 Å². The molecular weight excluding hydrogens is 342 g/mol. The zero-order chi connectivity index (χ0) is 19.4. The molecule has 27 heavy (non-hydrogen) atoms. The molecule has 1 aliphatic carbocycles. The quantitative estimate of drug-likeness (QED) is 0.600. The van der Waals surface area contributed by atoms with Crippen molar-refractivity contribution >= 4 is 11.6 Å². The fourth-order valence-corrected chi connectivity index (χ4v) is 3.84. The summed E-state index contributed by atoms with van der Waals surface area (Å²) >= 11 is 0. The fourth-order valence-electron chi connectivity index (χ4n) is 3.84. The summed E-state index contributed by atoms with van der Waals surface area (Å²) in [5.74, 6) is -0.887. The summed E-state index contributed by atoms with van der Waals surface area (Å²) in [6.07, 6.45) is 2.51. The van der Waals surface area contributed by atoms with Gasteiger partial charge in [0.2, 0.25) is 0 Å². The van der Waals surface area contributed by atoms with Crippen LogP contribution in [0.3, 0.4) is 0 Å². The van der Waals surface area contributed by atoms with Crippen LogP contribution in [0, 0.1) is 0 Å². The minimum absolute atomic E-state index is 0.0223. The van der Waals surface area contributed by atoms with Crippen LogP contribution in [0.5, 0.6) is 5.75 Å². The van der Waals surface area contributed by atoms with Crippen LogP contribution in [0.15, 0.2) is 48.5 Å². The number of likely N-dealkylation sites (N-methyl/N-ethyl adjacent to an activating group) is 1. The Balaban J connectivity index is 1.63. The first-order valence-electron chi connectivity index (χ1n) is 9.29. The van der Waals surface area contributed by atoms with Gasteiger partial charge in [-0.1, -0.05) is 24.3 Å². The van der Waals surface area contributed by atoms with E-state index in [2.05, 4.69) is 29.4 Å². The average molecular weight is 369 g/mol. The van der Waals surface area contributed by atoms with E-state index in [0.717, 1.165) is 19.3 Å². The van der Waals surface area contributed by atoms with E-state index in [9.17, 15) is 15.0 Å². The Kier molecular flexibility index (Phi) is 5.98. The van der Waals surface area contributed by atoms with Gasteiger partial charge in [-0.15, -0.1) is 0 Å². The van der Waals surface area contributed by atoms with Crippen LogP contribution in [0.1, 0.15) is 41.3 Å². The summed E-state index contributed by atoms with van der Waals surface area (Å²) in [5.41, 5.74) is 7.02. The molecule has 0 bridgehead atoms. The molecule has 0 heterocycles. The molecule has 1 amide bonds. The lowest BCUT2D eigenvalue weighted by Gasteiger charge is -2.32. The number of nitrogens with zero attached hydrogens (tertiary/aromatic N) is 1. The second-order valence-electron chi connectivity index (χ2n) is 7.12. The van der Waals surface area contributed by atoms with E-state index in [0.29, 0.717) is 18.2 Å². The molecule has 6 heteroatoms. The first-order chi connectivity index (χ1) is 13.0. The van der Waals surface area contributed by atoms with Crippen molar-refractivity contribution in [3.05, 3.63) is 59.7 Å². The molecule has 1 fully saturated rings. The van der Waals surface area contributed by atoms with Crippen LogP contribution in [-0.2, 0) is 0 Å². The van der Waals surface area contributed by atoms with Crippen molar-refractivity contribution in [2.45, 2.75) is 37.5 Å². The van der Waals surface area contributed by atoms with Crippen molar-refractivity contribution in [2.75, 3.05) is 18.5 Å².